The van der Waals surface area contributed by atoms with Crippen LogP contribution >= 0.6 is 23.5 Å². The maximum Gasteiger partial charge on any atom is 0.353 e. The molecule has 1 aromatic rings. The minimum absolute atomic E-state index is 0.0883. The maximum absolute atomic E-state index is 12.4. The molecule has 2 fully saturated rings. The molecule has 30 heavy (non-hydrogen) atoms. The average molecular weight is 452 g/mol. The minimum atomic E-state index is -1.08. The predicted molar refractivity (Wildman–Crippen MR) is 115 cm³/mol. The first kappa shape index (κ1) is 21.4. The summed E-state index contributed by atoms with van der Waals surface area (Å²) < 4.78 is 0. The number of carbonyl (C=O) groups excluding carboxylic acids is 1. The summed E-state index contributed by atoms with van der Waals surface area (Å²) in [6.45, 7) is 4.30. The van der Waals surface area contributed by atoms with Crippen LogP contribution in [0.5, 0.6) is 0 Å². The van der Waals surface area contributed by atoms with E-state index in [0.717, 1.165) is 23.6 Å². The number of aliphatic hydroxyl groups excluding tert-OH is 1. The van der Waals surface area contributed by atoms with Crippen molar-refractivity contribution >= 4 is 41.2 Å². The molecule has 2 saturated heterocycles. The molecule has 11 heteroatoms. The van der Waals surface area contributed by atoms with E-state index in [1.54, 1.807) is 30.9 Å². The SMILES string of the molecule is C[C@@H](O)[C@H]1C(=O)N2C(C(=O)O)=C(S[C@@H]3CN[C@H](CSc4nccc(N)n4)C3)[C@H](C)[C@H]12. The van der Waals surface area contributed by atoms with E-state index in [9.17, 15) is 19.8 Å². The van der Waals surface area contributed by atoms with E-state index < -0.39 is 18.0 Å². The number of fused-ring (bicyclic) bond motifs is 1. The molecule has 0 aromatic carbocycles. The molecule has 1 aromatic heterocycles. The molecule has 3 aliphatic rings. The van der Waals surface area contributed by atoms with Gasteiger partial charge < -0.3 is 26.2 Å². The third kappa shape index (κ3) is 3.79. The van der Waals surface area contributed by atoms with Crippen LogP contribution in [-0.4, -0.2) is 72.7 Å². The number of aliphatic hydroxyl groups is 1. The van der Waals surface area contributed by atoms with Crippen LogP contribution < -0.4 is 11.1 Å². The highest BCUT2D eigenvalue weighted by Gasteiger charge is 2.60. The number of hydrogen-bond donors (Lipinski definition) is 4. The highest BCUT2D eigenvalue weighted by atomic mass is 32.2. The number of carbonyl (C=O) groups is 2. The van der Waals surface area contributed by atoms with Gasteiger partial charge in [-0.25, -0.2) is 14.8 Å². The molecular weight excluding hydrogens is 426 g/mol. The van der Waals surface area contributed by atoms with Gasteiger partial charge in [0.15, 0.2) is 5.16 Å². The number of nitrogen functional groups attached to an aromatic ring is 1. The number of rotatable bonds is 7. The molecule has 6 atom stereocenters. The summed E-state index contributed by atoms with van der Waals surface area (Å²) in [5.41, 5.74) is 5.78. The van der Waals surface area contributed by atoms with Gasteiger partial charge in [-0.15, -0.1) is 11.8 Å². The van der Waals surface area contributed by atoms with Crippen LogP contribution in [0, 0.1) is 11.8 Å². The van der Waals surface area contributed by atoms with Crippen LogP contribution in [0.3, 0.4) is 0 Å². The molecule has 5 N–H and O–H groups in total. The third-order valence-electron chi connectivity index (χ3n) is 5.85. The van der Waals surface area contributed by atoms with E-state index >= 15 is 0 Å². The molecule has 0 spiro atoms. The molecule has 1 amide bonds. The van der Waals surface area contributed by atoms with E-state index in [4.69, 9.17) is 5.73 Å². The Bertz CT molecular complexity index is 895. The molecule has 162 valence electrons. The summed E-state index contributed by atoms with van der Waals surface area (Å²) in [5.74, 6) is -0.780. The summed E-state index contributed by atoms with van der Waals surface area (Å²) in [6.07, 6.45) is 1.73. The Morgan fingerprint density at radius 2 is 2.27 bits per heavy atom. The van der Waals surface area contributed by atoms with E-state index in [2.05, 4.69) is 15.3 Å². The number of nitrogens with zero attached hydrogens (tertiary/aromatic N) is 3. The number of nitrogens with two attached hydrogens (primary N) is 1. The molecule has 0 unspecified atom stereocenters. The van der Waals surface area contributed by atoms with Crippen molar-refractivity contribution in [2.75, 3.05) is 18.0 Å². The second-order valence-electron chi connectivity index (χ2n) is 7.93. The van der Waals surface area contributed by atoms with Gasteiger partial charge in [0, 0.05) is 40.6 Å². The Hall–Kier alpha value is -1.82. The first-order valence-electron chi connectivity index (χ1n) is 9.88. The van der Waals surface area contributed by atoms with Crippen molar-refractivity contribution in [3.05, 3.63) is 22.9 Å². The van der Waals surface area contributed by atoms with Crippen molar-refractivity contribution in [2.24, 2.45) is 11.8 Å². The number of β-lactam (4-membered cyclic amide) rings is 1. The van der Waals surface area contributed by atoms with E-state index in [-0.39, 0.29) is 34.9 Å². The van der Waals surface area contributed by atoms with Crippen LogP contribution in [0.1, 0.15) is 20.3 Å². The van der Waals surface area contributed by atoms with Crippen LogP contribution in [0.25, 0.3) is 0 Å². The lowest BCUT2D eigenvalue weighted by molar-refractivity contribution is -0.163. The number of aliphatic carboxylic acids is 1. The second-order valence-corrected chi connectivity index (χ2v) is 10.3. The van der Waals surface area contributed by atoms with Crippen molar-refractivity contribution in [1.29, 1.82) is 0 Å². The van der Waals surface area contributed by atoms with E-state index in [1.807, 2.05) is 6.92 Å². The van der Waals surface area contributed by atoms with Crippen LogP contribution in [0.4, 0.5) is 5.82 Å². The van der Waals surface area contributed by atoms with Crippen molar-refractivity contribution in [3.63, 3.8) is 0 Å². The lowest BCUT2D eigenvalue weighted by Gasteiger charge is -2.46. The van der Waals surface area contributed by atoms with Gasteiger partial charge >= 0.3 is 5.97 Å². The van der Waals surface area contributed by atoms with Gasteiger partial charge in [-0.2, -0.15) is 0 Å². The topological polar surface area (TPSA) is 142 Å². The molecule has 0 aliphatic carbocycles. The number of thioether (sulfide) groups is 2. The smallest absolute Gasteiger partial charge is 0.353 e. The average Bonchev–Trinajstić information content (AvgIpc) is 3.22. The normalized spacial score (nSPS) is 31.6. The Morgan fingerprint density at radius 1 is 1.50 bits per heavy atom. The highest BCUT2D eigenvalue weighted by Crippen LogP contribution is 2.51. The van der Waals surface area contributed by atoms with E-state index in [1.165, 1.54) is 16.7 Å². The van der Waals surface area contributed by atoms with Crippen LogP contribution in [0.2, 0.25) is 0 Å². The quantitative estimate of drug-likeness (QED) is 0.267. The van der Waals surface area contributed by atoms with E-state index in [0.29, 0.717) is 11.0 Å². The molecule has 9 nitrogen and oxygen atoms in total. The third-order valence-corrected chi connectivity index (χ3v) is 8.39. The molecule has 0 radical (unpaired) electrons. The number of anilines is 1. The minimum Gasteiger partial charge on any atom is -0.477 e. The monoisotopic (exact) mass is 451 g/mol. The number of carboxylic acids is 1. The zero-order valence-corrected chi connectivity index (χ0v) is 18.3. The van der Waals surface area contributed by atoms with Gasteiger partial charge in [-0.05, 0) is 19.4 Å². The molecule has 3 aliphatic heterocycles. The lowest BCUT2D eigenvalue weighted by atomic mass is 9.79. The first-order chi connectivity index (χ1) is 14.3. The molecule has 4 heterocycles. The fraction of sp³-hybridized carbons (Fsp3) is 0.579. The fourth-order valence-electron chi connectivity index (χ4n) is 4.46. The van der Waals surface area contributed by atoms with Crippen LogP contribution in [-0.2, 0) is 9.59 Å². The molecule has 0 bridgehead atoms. The largest absolute Gasteiger partial charge is 0.477 e. The Morgan fingerprint density at radius 3 is 2.93 bits per heavy atom. The summed E-state index contributed by atoms with van der Waals surface area (Å²) in [5, 5.41) is 24.0. The number of aromatic nitrogens is 2. The maximum atomic E-state index is 12.4. The Kier molecular flexibility index (Phi) is 5.97. The predicted octanol–water partition coefficient (Wildman–Crippen LogP) is 0.768. The molecule has 4 rings (SSSR count). The van der Waals surface area contributed by atoms with Crippen molar-refractivity contribution in [1.82, 2.24) is 20.2 Å². The summed E-state index contributed by atoms with van der Waals surface area (Å²) in [6, 6.07) is 1.64. The summed E-state index contributed by atoms with van der Waals surface area (Å²) in [4.78, 5) is 34.9. The van der Waals surface area contributed by atoms with Gasteiger partial charge in [0.1, 0.15) is 11.5 Å². The van der Waals surface area contributed by atoms with Gasteiger partial charge in [-0.1, -0.05) is 18.7 Å². The van der Waals surface area contributed by atoms with Gasteiger partial charge in [0.25, 0.3) is 0 Å². The zero-order valence-electron chi connectivity index (χ0n) is 16.7. The highest BCUT2D eigenvalue weighted by molar-refractivity contribution is 8.03. The van der Waals surface area contributed by atoms with Crippen molar-refractivity contribution in [2.45, 2.75) is 48.9 Å². The van der Waals surface area contributed by atoms with Crippen molar-refractivity contribution < 1.29 is 19.8 Å². The van der Waals surface area contributed by atoms with Crippen LogP contribution in [0.15, 0.2) is 28.0 Å². The number of hydrogen-bond acceptors (Lipinski definition) is 9. The Balaban J connectivity index is 1.40. The van der Waals surface area contributed by atoms with Crippen molar-refractivity contribution in [3.8, 4) is 0 Å². The zero-order chi connectivity index (χ0) is 21.6. The second kappa shape index (κ2) is 8.37. The summed E-state index contributed by atoms with van der Waals surface area (Å²) in [7, 11) is 0. The Labute approximate surface area is 182 Å². The summed E-state index contributed by atoms with van der Waals surface area (Å²) >= 11 is 3.09. The number of carboxylic acid groups (broad SMARTS) is 1. The van der Waals surface area contributed by atoms with Gasteiger partial charge in [-0.3, -0.25) is 4.79 Å². The fourth-order valence-corrected chi connectivity index (χ4v) is 6.88. The standard InChI is InChI=1S/C19H25N5O4S2/c1-8-14-13(9(2)25)17(26)24(14)15(18(27)28)16(8)30-11-5-10(22-6-11)7-29-19-21-4-3-12(20)23-19/h3-4,8-11,13-14,22,25H,5-7H2,1-2H3,(H,27,28)(H2,20,21,23)/t8-,9-,10+,11+,13-,14-/m1/s1. The lowest BCUT2D eigenvalue weighted by Crippen LogP contribution is -2.63. The first-order valence-corrected chi connectivity index (χ1v) is 11.7. The van der Waals surface area contributed by atoms with Gasteiger partial charge in [0.2, 0.25) is 5.91 Å². The van der Waals surface area contributed by atoms with Gasteiger partial charge in [0.05, 0.1) is 18.1 Å². The molecular formula is C19H25N5O4S2. The molecule has 0 saturated carbocycles. The number of nitrogens with one attached hydrogen (secondary N) is 1. The number of amides is 1.